The van der Waals surface area contributed by atoms with Crippen LogP contribution < -0.4 is 0 Å². The summed E-state index contributed by atoms with van der Waals surface area (Å²) in [6.45, 7) is 11.0. The van der Waals surface area contributed by atoms with Gasteiger partial charge < -0.3 is 9.47 Å². The summed E-state index contributed by atoms with van der Waals surface area (Å²) in [5, 5.41) is 20.5. The van der Waals surface area contributed by atoms with E-state index < -0.39 is 29.0 Å². The van der Waals surface area contributed by atoms with Gasteiger partial charge in [-0.1, -0.05) is 54.8 Å². The number of carbonyl (C=O) groups is 2. The maximum Gasteiger partial charge on any atom is 0.411 e. The monoisotopic (exact) mass is 485 g/mol. The lowest BCUT2D eigenvalue weighted by Gasteiger charge is -2.43. The van der Waals surface area contributed by atoms with Crippen LogP contribution in [0.4, 0.5) is 4.79 Å². The fraction of sp³-hybridized carbons (Fsp3) is 0.448. The molecule has 1 amide bonds. The van der Waals surface area contributed by atoms with Gasteiger partial charge in [0, 0.05) is 25.3 Å². The lowest BCUT2D eigenvalue weighted by Crippen LogP contribution is -2.51. The third kappa shape index (κ3) is 5.61. The van der Waals surface area contributed by atoms with Crippen molar-refractivity contribution in [2.45, 2.75) is 64.6 Å². The first-order valence-corrected chi connectivity index (χ1v) is 11.9. The van der Waals surface area contributed by atoms with Crippen molar-refractivity contribution in [2.75, 3.05) is 6.61 Å². The summed E-state index contributed by atoms with van der Waals surface area (Å²) in [7, 11) is 0. The largest absolute Gasteiger partial charge is 0.453 e. The molecule has 0 aliphatic carbocycles. The average molecular weight is 486 g/mol. The van der Waals surface area contributed by atoms with Crippen molar-refractivity contribution in [1.29, 1.82) is 10.5 Å². The Morgan fingerprint density at radius 1 is 1.11 bits per heavy atom. The standard InChI is InChI=1S/C29H31N3O4/c1-20(22-11-7-6-8-12-22)26-24(29(18-30,19-31)15-9-10-16-35-21(2)33)17-23-13-14-25(26)32(23)27(34)36-28(3,4)5/h6-8,11-12,17,23,25-26H,1,13-16H2,2-5H3/t23-,25+,26-/m1/s1. The van der Waals surface area contributed by atoms with Crippen LogP contribution in [0.25, 0.3) is 5.57 Å². The summed E-state index contributed by atoms with van der Waals surface area (Å²) >= 11 is 0. The van der Waals surface area contributed by atoms with Crippen LogP contribution in [-0.2, 0) is 14.3 Å². The Hall–Kier alpha value is -4.02. The van der Waals surface area contributed by atoms with Crippen molar-refractivity contribution in [3.8, 4) is 24.0 Å². The van der Waals surface area contributed by atoms with E-state index >= 15 is 0 Å². The zero-order valence-electron chi connectivity index (χ0n) is 21.2. The zero-order chi connectivity index (χ0) is 26.5. The minimum Gasteiger partial charge on any atom is -0.453 e. The smallest absolute Gasteiger partial charge is 0.411 e. The van der Waals surface area contributed by atoms with Crippen LogP contribution in [-0.4, -0.2) is 41.3 Å². The van der Waals surface area contributed by atoms with Crippen LogP contribution in [0.2, 0.25) is 0 Å². The Morgan fingerprint density at radius 3 is 2.36 bits per heavy atom. The molecule has 0 unspecified atom stereocenters. The third-order valence-electron chi connectivity index (χ3n) is 6.39. The van der Waals surface area contributed by atoms with Crippen molar-refractivity contribution in [3.05, 3.63) is 54.1 Å². The molecule has 1 aromatic rings. The van der Waals surface area contributed by atoms with Gasteiger partial charge in [0.1, 0.15) is 5.60 Å². The molecule has 0 spiro atoms. The molecule has 1 saturated heterocycles. The minimum absolute atomic E-state index is 0.0580. The second-order valence-electron chi connectivity index (χ2n) is 10.0. The quantitative estimate of drug-likeness (QED) is 0.330. The first-order valence-electron chi connectivity index (χ1n) is 11.9. The first kappa shape index (κ1) is 26.6. The molecular formula is C29H31N3O4. The van der Waals surface area contributed by atoms with Gasteiger partial charge in [0.2, 0.25) is 0 Å². The summed E-state index contributed by atoms with van der Waals surface area (Å²) in [6.07, 6.45) is 2.77. The van der Waals surface area contributed by atoms with Gasteiger partial charge in [-0.05, 0) is 50.3 Å². The van der Waals surface area contributed by atoms with Crippen LogP contribution in [0.1, 0.15) is 52.5 Å². The Morgan fingerprint density at radius 2 is 1.78 bits per heavy atom. The van der Waals surface area contributed by atoms with Crippen LogP contribution in [0.3, 0.4) is 0 Å². The molecule has 7 heteroatoms. The number of benzene rings is 1. The molecule has 36 heavy (non-hydrogen) atoms. The summed E-state index contributed by atoms with van der Waals surface area (Å²) in [5.74, 6) is 4.64. The zero-order valence-corrected chi connectivity index (χ0v) is 21.2. The van der Waals surface area contributed by atoms with Crippen LogP contribution in [0.5, 0.6) is 0 Å². The maximum absolute atomic E-state index is 13.2. The van der Waals surface area contributed by atoms with Crippen molar-refractivity contribution in [1.82, 2.24) is 4.90 Å². The third-order valence-corrected chi connectivity index (χ3v) is 6.39. The number of nitriles is 2. The summed E-state index contributed by atoms with van der Waals surface area (Å²) in [4.78, 5) is 26.0. The number of hydrogen-bond acceptors (Lipinski definition) is 6. The van der Waals surface area contributed by atoms with Crippen molar-refractivity contribution in [3.63, 3.8) is 0 Å². The van der Waals surface area contributed by atoms with Crippen molar-refractivity contribution in [2.24, 2.45) is 11.3 Å². The highest BCUT2D eigenvalue weighted by Crippen LogP contribution is 2.51. The SMILES string of the molecule is C=C(c1ccccc1)[C@@H]1C(C(C#N)(C#N)CC#CCOC(C)=O)=C[C@H]2CC[C@@H]1N2C(=O)OC(C)(C)C. The molecule has 2 aliphatic rings. The summed E-state index contributed by atoms with van der Waals surface area (Å²) in [5.41, 5.74) is -0.00736. The van der Waals surface area contributed by atoms with E-state index in [1.807, 2.05) is 57.2 Å². The molecule has 3 atom stereocenters. The molecule has 2 aliphatic heterocycles. The van der Waals surface area contributed by atoms with Gasteiger partial charge in [-0.2, -0.15) is 10.5 Å². The molecule has 0 N–H and O–H groups in total. The van der Waals surface area contributed by atoms with E-state index in [0.717, 1.165) is 11.1 Å². The van der Waals surface area contributed by atoms with Crippen molar-refractivity contribution < 1.29 is 19.1 Å². The van der Waals surface area contributed by atoms with Gasteiger partial charge in [-0.15, -0.1) is 0 Å². The number of fused-ring (bicyclic) bond motifs is 2. The Balaban J connectivity index is 2.07. The van der Waals surface area contributed by atoms with Gasteiger partial charge in [0.25, 0.3) is 0 Å². The van der Waals surface area contributed by atoms with Crippen molar-refractivity contribution >= 4 is 17.6 Å². The maximum atomic E-state index is 13.2. The number of nitrogens with zero attached hydrogens (tertiary/aromatic N) is 3. The normalized spacial score (nSPS) is 20.7. The number of amides is 1. The van der Waals surface area contributed by atoms with Crippen LogP contribution in [0.15, 0.2) is 48.6 Å². The molecule has 186 valence electrons. The van der Waals surface area contributed by atoms with E-state index in [-0.39, 0.29) is 25.1 Å². The summed E-state index contributed by atoms with van der Waals surface area (Å²) < 4.78 is 10.6. The Labute approximate surface area is 213 Å². The number of hydrogen-bond donors (Lipinski definition) is 0. The van der Waals surface area contributed by atoms with Gasteiger partial charge >= 0.3 is 12.1 Å². The van der Waals surface area contributed by atoms with E-state index in [2.05, 4.69) is 30.6 Å². The Bertz CT molecular complexity index is 1190. The number of ether oxygens (including phenoxy) is 2. The van der Waals surface area contributed by atoms with Crippen LogP contribution >= 0.6 is 0 Å². The number of esters is 1. The lowest BCUT2D eigenvalue weighted by molar-refractivity contribution is -0.139. The lowest BCUT2D eigenvalue weighted by atomic mass is 9.67. The fourth-order valence-electron chi connectivity index (χ4n) is 4.84. The van der Waals surface area contributed by atoms with Crippen LogP contribution in [0, 0.1) is 45.8 Å². The number of rotatable bonds is 5. The van der Waals surface area contributed by atoms with Gasteiger partial charge in [0.15, 0.2) is 12.0 Å². The second-order valence-corrected chi connectivity index (χ2v) is 10.0. The van der Waals surface area contributed by atoms with E-state index in [4.69, 9.17) is 9.47 Å². The molecule has 0 saturated carbocycles. The highest BCUT2D eigenvalue weighted by molar-refractivity contribution is 5.75. The topological polar surface area (TPSA) is 103 Å². The molecule has 0 radical (unpaired) electrons. The van der Waals surface area contributed by atoms with E-state index in [9.17, 15) is 20.1 Å². The van der Waals surface area contributed by atoms with Gasteiger partial charge in [-0.25, -0.2) is 4.79 Å². The predicted molar refractivity (Wildman–Crippen MR) is 135 cm³/mol. The molecular weight excluding hydrogens is 454 g/mol. The highest BCUT2D eigenvalue weighted by atomic mass is 16.6. The van der Waals surface area contributed by atoms with E-state index in [0.29, 0.717) is 18.4 Å². The molecule has 7 nitrogen and oxygen atoms in total. The first-order chi connectivity index (χ1) is 17.0. The number of carbonyl (C=O) groups excluding carboxylic acids is 2. The molecule has 3 rings (SSSR count). The Kier molecular flexibility index (Phi) is 7.91. The van der Waals surface area contributed by atoms with Gasteiger partial charge in [-0.3, -0.25) is 9.69 Å². The summed E-state index contributed by atoms with van der Waals surface area (Å²) in [6, 6.07) is 13.4. The molecule has 1 aromatic carbocycles. The van der Waals surface area contributed by atoms with E-state index in [1.54, 1.807) is 4.90 Å². The second kappa shape index (κ2) is 10.7. The molecule has 0 aromatic heterocycles. The molecule has 1 fully saturated rings. The predicted octanol–water partition coefficient (Wildman–Crippen LogP) is 5.01. The average Bonchev–Trinajstić information content (AvgIpc) is 3.14. The highest BCUT2D eigenvalue weighted by Gasteiger charge is 2.52. The molecule has 2 bridgehead atoms. The van der Waals surface area contributed by atoms with E-state index in [1.165, 1.54) is 6.92 Å². The fourth-order valence-corrected chi connectivity index (χ4v) is 4.84. The van der Waals surface area contributed by atoms with Gasteiger partial charge in [0.05, 0.1) is 18.2 Å². The molecule has 2 heterocycles. The minimum atomic E-state index is -1.55.